The molecule has 0 aliphatic carbocycles. The smallest absolute Gasteiger partial charge is 0.234 e. The lowest BCUT2D eigenvalue weighted by molar-refractivity contribution is -0.122. The van der Waals surface area contributed by atoms with Crippen molar-refractivity contribution in [2.45, 2.75) is 13.1 Å². The molecule has 1 fully saturated rings. The molecule has 1 amide bonds. The van der Waals surface area contributed by atoms with Crippen molar-refractivity contribution in [3.8, 4) is 0 Å². The average molecular weight is 376 g/mol. The summed E-state index contributed by atoms with van der Waals surface area (Å²) in [6.07, 6.45) is 0. The van der Waals surface area contributed by atoms with Crippen molar-refractivity contribution in [3.63, 3.8) is 0 Å². The van der Waals surface area contributed by atoms with E-state index in [4.69, 9.17) is 11.6 Å². The second-order valence-electron chi connectivity index (χ2n) is 6.51. The molecule has 26 heavy (non-hydrogen) atoms. The molecule has 6 heteroatoms. The summed E-state index contributed by atoms with van der Waals surface area (Å²) in [6.45, 7) is 4.58. The number of carbonyl (C=O) groups is 1. The van der Waals surface area contributed by atoms with E-state index < -0.39 is 0 Å². The number of nitrogens with one attached hydrogen (secondary N) is 1. The van der Waals surface area contributed by atoms with Crippen LogP contribution in [0.2, 0.25) is 5.02 Å². The molecule has 3 rings (SSSR count). The number of piperazine rings is 1. The SMILES string of the molecule is O=C(CN1CCN(Cc2c(F)cccc2Cl)CC1)NCc1ccccc1. The molecule has 2 aromatic rings. The largest absolute Gasteiger partial charge is 0.351 e. The minimum atomic E-state index is -0.264. The van der Waals surface area contributed by atoms with Crippen LogP contribution in [-0.4, -0.2) is 48.4 Å². The van der Waals surface area contributed by atoms with E-state index >= 15 is 0 Å². The van der Waals surface area contributed by atoms with Gasteiger partial charge in [0.2, 0.25) is 5.91 Å². The molecule has 0 unspecified atom stereocenters. The third kappa shape index (κ3) is 5.27. The Balaban J connectivity index is 1.41. The number of hydrogen-bond acceptors (Lipinski definition) is 3. The molecule has 1 aliphatic heterocycles. The van der Waals surface area contributed by atoms with Gasteiger partial charge in [0.1, 0.15) is 5.82 Å². The summed E-state index contributed by atoms with van der Waals surface area (Å²) < 4.78 is 13.9. The molecule has 1 N–H and O–H groups in total. The fourth-order valence-electron chi connectivity index (χ4n) is 3.07. The molecule has 1 heterocycles. The highest BCUT2D eigenvalue weighted by molar-refractivity contribution is 6.31. The second kappa shape index (κ2) is 9.12. The van der Waals surface area contributed by atoms with Crippen LogP contribution in [0, 0.1) is 5.82 Å². The second-order valence-corrected chi connectivity index (χ2v) is 6.92. The van der Waals surface area contributed by atoms with Crippen LogP contribution >= 0.6 is 11.6 Å². The van der Waals surface area contributed by atoms with Gasteiger partial charge in [-0.1, -0.05) is 48.0 Å². The van der Waals surface area contributed by atoms with Gasteiger partial charge >= 0.3 is 0 Å². The van der Waals surface area contributed by atoms with Gasteiger partial charge in [0.15, 0.2) is 0 Å². The molecule has 0 bridgehead atoms. The number of hydrogen-bond donors (Lipinski definition) is 1. The average Bonchev–Trinajstić information content (AvgIpc) is 2.65. The summed E-state index contributed by atoms with van der Waals surface area (Å²) in [5.41, 5.74) is 1.63. The molecule has 4 nitrogen and oxygen atoms in total. The molecule has 2 aromatic carbocycles. The maximum Gasteiger partial charge on any atom is 0.234 e. The van der Waals surface area contributed by atoms with Gasteiger partial charge in [0.05, 0.1) is 6.54 Å². The Morgan fingerprint density at radius 2 is 1.69 bits per heavy atom. The quantitative estimate of drug-likeness (QED) is 0.843. The van der Waals surface area contributed by atoms with Crippen molar-refractivity contribution in [1.29, 1.82) is 0 Å². The van der Waals surface area contributed by atoms with Gasteiger partial charge in [-0.05, 0) is 17.7 Å². The van der Waals surface area contributed by atoms with Gasteiger partial charge in [-0.3, -0.25) is 14.6 Å². The third-order valence-electron chi connectivity index (χ3n) is 4.61. The van der Waals surface area contributed by atoms with Crippen molar-refractivity contribution in [2.24, 2.45) is 0 Å². The maximum atomic E-state index is 13.9. The van der Waals surface area contributed by atoms with Crippen LogP contribution in [-0.2, 0) is 17.9 Å². The molecule has 0 aromatic heterocycles. The standard InChI is InChI=1S/C20H23ClFN3O/c21-18-7-4-8-19(22)17(18)14-24-9-11-25(12-10-24)15-20(26)23-13-16-5-2-1-3-6-16/h1-8H,9-15H2,(H,23,26). The van der Waals surface area contributed by atoms with Crippen LogP contribution < -0.4 is 5.32 Å². The third-order valence-corrected chi connectivity index (χ3v) is 4.96. The van der Waals surface area contributed by atoms with E-state index in [-0.39, 0.29) is 11.7 Å². The Kier molecular flexibility index (Phi) is 6.61. The summed E-state index contributed by atoms with van der Waals surface area (Å²) in [7, 11) is 0. The highest BCUT2D eigenvalue weighted by atomic mass is 35.5. The van der Waals surface area contributed by atoms with E-state index in [9.17, 15) is 9.18 Å². The van der Waals surface area contributed by atoms with E-state index in [1.54, 1.807) is 12.1 Å². The monoisotopic (exact) mass is 375 g/mol. The Hall–Kier alpha value is -1.95. The zero-order chi connectivity index (χ0) is 18.4. The molecule has 1 aliphatic rings. The highest BCUT2D eigenvalue weighted by Crippen LogP contribution is 2.21. The lowest BCUT2D eigenvalue weighted by Gasteiger charge is -2.34. The number of amides is 1. The van der Waals surface area contributed by atoms with E-state index in [1.165, 1.54) is 6.07 Å². The van der Waals surface area contributed by atoms with Crippen LogP contribution in [0.15, 0.2) is 48.5 Å². The van der Waals surface area contributed by atoms with E-state index in [2.05, 4.69) is 15.1 Å². The zero-order valence-corrected chi connectivity index (χ0v) is 15.4. The summed E-state index contributed by atoms with van der Waals surface area (Å²) in [5, 5.41) is 3.42. The first-order chi connectivity index (χ1) is 12.6. The predicted molar refractivity (Wildman–Crippen MR) is 101 cm³/mol. The first kappa shape index (κ1) is 18.8. The fourth-order valence-corrected chi connectivity index (χ4v) is 3.29. The molecular weight excluding hydrogens is 353 g/mol. The van der Waals surface area contributed by atoms with Crippen LogP contribution in [0.3, 0.4) is 0 Å². The molecule has 138 valence electrons. The van der Waals surface area contributed by atoms with Crippen molar-refractivity contribution < 1.29 is 9.18 Å². The van der Waals surface area contributed by atoms with Crippen LogP contribution in [0.25, 0.3) is 0 Å². The molecule has 0 saturated carbocycles. The summed E-state index contributed by atoms with van der Waals surface area (Å²) in [6, 6.07) is 14.6. The van der Waals surface area contributed by atoms with Crippen molar-refractivity contribution in [1.82, 2.24) is 15.1 Å². The molecule has 1 saturated heterocycles. The first-order valence-corrected chi connectivity index (χ1v) is 9.18. The predicted octanol–water partition coefficient (Wildman–Crippen LogP) is 2.91. The van der Waals surface area contributed by atoms with Gasteiger partial charge in [-0.15, -0.1) is 0 Å². The maximum absolute atomic E-state index is 13.9. The Bertz CT molecular complexity index is 713. The summed E-state index contributed by atoms with van der Waals surface area (Å²) >= 11 is 6.10. The highest BCUT2D eigenvalue weighted by Gasteiger charge is 2.20. The van der Waals surface area contributed by atoms with Gasteiger partial charge in [-0.25, -0.2) is 4.39 Å². The minimum absolute atomic E-state index is 0.0273. The Labute approximate surface area is 158 Å². The van der Waals surface area contributed by atoms with Gasteiger partial charge in [0.25, 0.3) is 0 Å². The van der Waals surface area contributed by atoms with Gasteiger partial charge in [0, 0.05) is 49.9 Å². The summed E-state index contributed by atoms with van der Waals surface area (Å²) in [5.74, 6) is -0.236. The lowest BCUT2D eigenvalue weighted by atomic mass is 10.2. The first-order valence-electron chi connectivity index (χ1n) is 8.80. The van der Waals surface area contributed by atoms with Crippen LogP contribution in [0.1, 0.15) is 11.1 Å². The van der Waals surface area contributed by atoms with Crippen molar-refractivity contribution in [2.75, 3.05) is 32.7 Å². The number of rotatable bonds is 6. The molecule has 0 radical (unpaired) electrons. The summed E-state index contributed by atoms with van der Waals surface area (Å²) in [4.78, 5) is 16.4. The number of nitrogens with zero attached hydrogens (tertiary/aromatic N) is 2. The van der Waals surface area contributed by atoms with Gasteiger partial charge < -0.3 is 5.32 Å². The van der Waals surface area contributed by atoms with E-state index in [0.29, 0.717) is 30.2 Å². The van der Waals surface area contributed by atoms with Crippen molar-refractivity contribution in [3.05, 3.63) is 70.5 Å². The van der Waals surface area contributed by atoms with Gasteiger partial charge in [-0.2, -0.15) is 0 Å². The molecular formula is C20H23ClFN3O. The van der Waals surface area contributed by atoms with Crippen LogP contribution in [0.5, 0.6) is 0 Å². The number of halogens is 2. The number of carbonyl (C=O) groups excluding carboxylic acids is 1. The lowest BCUT2D eigenvalue weighted by Crippen LogP contribution is -2.49. The molecule has 0 spiro atoms. The van der Waals surface area contributed by atoms with E-state index in [1.807, 2.05) is 30.3 Å². The van der Waals surface area contributed by atoms with E-state index in [0.717, 1.165) is 31.7 Å². The van der Waals surface area contributed by atoms with Crippen molar-refractivity contribution >= 4 is 17.5 Å². The number of benzene rings is 2. The minimum Gasteiger partial charge on any atom is -0.351 e. The normalized spacial score (nSPS) is 15.8. The Morgan fingerprint density at radius 3 is 2.38 bits per heavy atom. The topological polar surface area (TPSA) is 35.6 Å². The molecule has 0 atom stereocenters. The fraction of sp³-hybridized carbons (Fsp3) is 0.350. The van der Waals surface area contributed by atoms with Crippen LogP contribution in [0.4, 0.5) is 4.39 Å². The zero-order valence-electron chi connectivity index (χ0n) is 14.6. The Morgan fingerprint density at radius 1 is 1.00 bits per heavy atom.